The second kappa shape index (κ2) is 6.82. The molecular formula is C18H19N3O2S2. The summed E-state index contributed by atoms with van der Waals surface area (Å²) < 4.78 is 1.01. The molecule has 2 aliphatic heterocycles. The minimum Gasteiger partial charge on any atom is -0.366 e. The van der Waals surface area contributed by atoms with Crippen molar-refractivity contribution in [3.05, 3.63) is 46.8 Å². The molecule has 1 aromatic carbocycles. The molecule has 130 valence electrons. The van der Waals surface area contributed by atoms with Crippen molar-refractivity contribution in [1.29, 1.82) is 0 Å². The number of nitrogens with one attached hydrogen (secondary N) is 2. The molecule has 0 aliphatic carbocycles. The van der Waals surface area contributed by atoms with E-state index in [1.165, 1.54) is 29.5 Å². The Labute approximate surface area is 154 Å². The van der Waals surface area contributed by atoms with Crippen LogP contribution in [0.15, 0.2) is 45.5 Å². The molecular weight excluding hydrogens is 354 g/mol. The molecule has 3 heterocycles. The average molecular weight is 374 g/mol. The first-order valence-electron chi connectivity index (χ1n) is 8.33. The van der Waals surface area contributed by atoms with E-state index in [4.69, 9.17) is 5.73 Å². The van der Waals surface area contributed by atoms with E-state index in [-0.39, 0.29) is 11.9 Å². The van der Waals surface area contributed by atoms with Crippen LogP contribution in [0.25, 0.3) is 0 Å². The van der Waals surface area contributed by atoms with Gasteiger partial charge in [0.1, 0.15) is 0 Å². The Kier molecular flexibility index (Phi) is 4.54. The van der Waals surface area contributed by atoms with Crippen molar-refractivity contribution in [2.45, 2.75) is 46.5 Å². The zero-order chi connectivity index (χ0) is 17.4. The minimum absolute atomic E-state index is 0.00193. The number of amides is 2. The van der Waals surface area contributed by atoms with Gasteiger partial charge in [-0.25, -0.2) is 0 Å². The number of hydrogen-bond acceptors (Lipinski definition) is 5. The zero-order valence-corrected chi connectivity index (χ0v) is 15.2. The number of thiophene rings is 1. The lowest BCUT2D eigenvalue weighted by atomic mass is 9.95. The van der Waals surface area contributed by atoms with E-state index in [0.29, 0.717) is 17.6 Å². The summed E-state index contributed by atoms with van der Waals surface area (Å²) in [6, 6.07) is 12.3. The summed E-state index contributed by atoms with van der Waals surface area (Å²) in [4.78, 5) is 25.4. The largest absolute Gasteiger partial charge is 0.366 e. The summed E-state index contributed by atoms with van der Waals surface area (Å²) in [5.41, 5.74) is 5.81. The van der Waals surface area contributed by atoms with E-state index in [2.05, 4.69) is 10.6 Å². The van der Waals surface area contributed by atoms with E-state index in [9.17, 15) is 9.59 Å². The van der Waals surface area contributed by atoms with Gasteiger partial charge in [-0.3, -0.25) is 9.59 Å². The Balaban J connectivity index is 1.40. The highest BCUT2D eigenvalue weighted by molar-refractivity contribution is 8.01. The molecule has 3 unspecified atom stereocenters. The van der Waals surface area contributed by atoms with Crippen LogP contribution < -0.4 is 16.4 Å². The molecule has 2 bridgehead atoms. The van der Waals surface area contributed by atoms with Gasteiger partial charge in [0.2, 0.25) is 5.91 Å². The summed E-state index contributed by atoms with van der Waals surface area (Å²) in [6.45, 7) is 0. The van der Waals surface area contributed by atoms with Crippen LogP contribution in [0.5, 0.6) is 0 Å². The van der Waals surface area contributed by atoms with E-state index in [1.807, 2.05) is 24.3 Å². The first-order chi connectivity index (χ1) is 12.1. The van der Waals surface area contributed by atoms with Gasteiger partial charge < -0.3 is 16.4 Å². The van der Waals surface area contributed by atoms with Gasteiger partial charge in [0, 0.05) is 28.6 Å². The van der Waals surface area contributed by atoms with Crippen LogP contribution in [0.4, 0.5) is 0 Å². The van der Waals surface area contributed by atoms with Gasteiger partial charge in [-0.15, -0.1) is 11.3 Å². The SMILES string of the molecule is NC(=O)c1cccc(Sc2ccc(C(=O)NC3CC4CCC3N4)s2)c1. The van der Waals surface area contributed by atoms with Crippen molar-refractivity contribution in [2.75, 3.05) is 0 Å². The third kappa shape index (κ3) is 3.58. The third-order valence-corrected chi connectivity index (χ3v) is 6.96. The number of hydrogen-bond donors (Lipinski definition) is 3. The predicted molar refractivity (Wildman–Crippen MR) is 99.2 cm³/mol. The number of rotatable bonds is 5. The first kappa shape index (κ1) is 16.6. The molecule has 3 atom stereocenters. The molecule has 0 radical (unpaired) electrons. The maximum Gasteiger partial charge on any atom is 0.261 e. The van der Waals surface area contributed by atoms with Crippen molar-refractivity contribution < 1.29 is 9.59 Å². The third-order valence-electron chi connectivity index (χ3n) is 4.76. The molecule has 1 aromatic heterocycles. The molecule has 2 saturated heterocycles. The van der Waals surface area contributed by atoms with Gasteiger partial charge >= 0.3 is 0 Å². The molecule has 2 fully saturated rings. The number of carbonyl (C=O) groups is 2. The first-order valence-corrected chi connectivity index (χ1v) is 9.96. The monoisotopic (exact) mass is 373 g/mol. The van der Waals surface area contributed by atoms with Gasteiger partial charge in [-0.05, 0) is 49.6 Å². The smallest absolute Gasteiger partial charge is 0.261 e. The molecule has 2 aromatic rings. The highest BCUT2D eigenvalue weighted by Crippen LogP contribution is 2.34. The lowest BCUT2D eigenvalue weighted by Gasteiger charge is -2.20. The van der Waals surface area contributed by atoms with Crippen LogP contribution in [-0.4, -0.2) is 29.9 Å². The van der Waals surface area contributed by atoms with Crippen LogP contribution in [-0.2, 0) is 0 Å². The van der Waals surface area contributed by atoms with E-state index in [0.717, 1.165) is 26.8 Å². The molecule has 0 saturated carbocycles. The molecule has 25 heavy (non-hydrogen) atoms. The summed E-state index contributed by atoms with van der Waals surface area (Å²) in [5, 5.41) is 6.70. The number of fused-ring (bicyclic) bond motifs is 2. The van der Waals surface area contributed by atoms with Gasteiger partial charge in [-0.2, -0.15) is 0 Å². The van der Waals surface area contributed by atoms with Crippen molar-refractivity contribution in [1.82, 2.24) is 10.6 Å². The van der Waals surface area contributed by atoms with E-state index >= 15 is 0 Å². The lowest BCUT2D eigenvalue weighted by Crippen LogP contribution is -2.42. The van der Waals surface area contributed by atoms with Crippen LogP contribution in [0.2, 0.25) is 0 Å². The molecule has 4 N–H and O–H groups in total. The maximum atomic E-state index is 12.5. The van der Waals surface area contributed by atoms with Crippen molar-refractivity contribution in [2.24, 2.45) is 5.73 Å². The topological polar surface area (TPSA) is 84.2 Å². The van der Waals surface area contributed by atoms with E-state index in [1.54, 1.807) is 12.1 Å². The van der Waals surface area contributed by atoms with Crippen LogP contribution >= 0.6 is 23.1 Å². The zero-order valence-electron chi connectivity index (χ0n) is 13.5. The van der Waals surface area contributed by atoms with Crippen molar-refractivity contribution in [3.8, 4) is 0 Å². The standard InChI is InChI=1S/C18H19N3O2S2/c19-17(22)10-2-1-3-12(8-10)24-16-7-6-15(25-16)18(23)21-14-9-11-4-5-13(14)20-11/h1-3,6-8,11,13-14,20H,4-5,9H2,(H2,19,22)(H,21,23). The molecule has 7 heteroatoms. The van der Waals surface area contributed by atoms with Crippen molar-refractivity contribution in [3.63, 3.8) is 0 Å². The molecule has 2 aliphatic rings. The highest BCUT2D eigenvalue weighted by Gasteiger charge is 2.39. The predicted octanol–water partition coefficient (Wildman–Crippen LogP) is 2.62. The normalized spacial score (nSPS) is 24.4. The number of primary amides is 1. The molecule has 0 spiro atoms. The quantitative estimate of drug-likeness (QED) is 0.752. The van der Waals surface area contributed by atoms with Crippen molar-refractivity contribution >= 4 is 34.9 Å². The average Bonchev–Trinajstić information content (AvgIpc) is 3.31. The second-order valence-electron chi connectivity index (χ2n) is 6.48. The van der Waals surface area contributed by atoms with Crippen LogP contribution in [0.1, 0.15) is 39.3 Å². The fraction of sp³-hybridized carbons (Fsp3) is 0.333. The maximum absolute atomic E-state index is 12.5. The molecule has 5 nitrogen and oxygen atoms in total. The van der Waals surface area contributed by atoms with Gasteiger partial charge in [0.15, 0.2) is 0 Å². The minimum atomic E-state index is -0.437. The Morgan fingerprint density at radius 1 is 1.24 bits per heavy atom. The Morgan fingerprint density at radius 2 is 2.12 bits per heavy atom. The van der Waals surface area contributed by atoms with E-state index < -0.39 is 5.91 Å². The summed E-state index contributed by atoms with van der Waals surface area (Å²) in [5.74, 6) is -0.435. The Bertz CT molecular complexity index is 820. The number of nitrogens with two attached hydrogens (primary N) is 1. The van der Waals surface area contributed by atoms with Crippen LogP contribution in [0.3, 0.4) is 0 Å². The summed E-state index contributed by atoms with van der Waals surface area (Å²) in [6.07, 6.45) is 3.40. The molecule has 4 rings (SSSR count). The lowest BCUT2D eigenvalue weighted by molar-refractivity contribution is 0.0934. The Morgan fingerprint density at radius 3 is 2.84 bits per heavy atom. The van der Waals surface area contributed by atoms with Crippen LogP contribution in [0, 0.1) is 0 Å². The molecule has 2 amide bonds. The van der Waals surface area contributed by atoms with Gasteiger partial charge in [-0.1, -0.05) is 17.8 Å². The van der Waals surface area contributed by atoms with Gasteiger partial charge in [0.25, 0.3) is 5.91 Å². The summed E-state index contributed by atoms with van der Waals surface area (Å²) >= 11 is 3.00. The number of benzene rings is 1. The second-order valence-corrected chi connectivity index (χ2v) is 8.93. The fourth-order valence-electron chi connectivity index (χ4n) is 3.55. The fourth-order valence-corrected chi connectivity index (χ4v) is 5.62. The highest BCUT2D eigenvalue weighted by atomic mass is 32.2. The number of carbonyl (C=O) groups excluding carboxylic acids is 2. The summed E-state index contributed by atoms with van der Waals surface area (Å²) in [7, 11) is 0. The van der Waals surface area contributed by atoms with Gasteiger partial charge in [0.05, 0.1) is 9.09 Å². The Hall–Kier alpha value is -1.83.